The molecule has 6 heteroatoms. The van der Waals surface area contributed by atoms with Crippen LogP contribution < -0.4 is 11.2 Å². The summed E-state index contributed by atoms with van der Waals surface area (Å²) in [5, 5.41) is 0.381. The number of aryl methyl sites for hydroxylation is 1. The Hall–Kier alpha value is -1.69. The molecule has 0 fully saturated rings. The van der Waals surface area contributed by atoms with Crippen molar-refractivity contribution in [2.75, 3.05) is 0 Å². The summed E-state index contributed by atoms with van der Waals surface area (Å²) in [7, 11) is 0. The van der Waals surface area contributed by atoms with E-state index in [1.807, 2.05) is 6.92 Å². The van der Waals surface area contributed by atoms with Crippen LogP contribution in [0.25, 0.3) is 11.1 Å². The summed E-state index contributed by atoms with van der Waals surface area (Å²) in [6.07, 6.45) is 2.57. The molecule has 0 unspecified atom stereocenters. The molecule has 0 aliphatic carbocycles. The predicted octanol–water partition coefficient (Wildman–Crippen LogP) is 1.88. The van der Waals surface area contributed by atoms with Gasteiger partial charge in [0.1, 0.15) is 5.39 Å². The zero-order valence-corrected chi connectivity index (χ0v) is 10.1. The van der Waals surface area contributed by atoms with Crippen LogP contribution in [0.5, 0.6) is 0 Å². The summed E-state index contributed by atoms with van der Waals surface area (Å²) in [5.41, 5.74) is 0.0569. The first-order valence-electron chi connectivity index (χ1n) is 5.41. The van der Waals surface area contributed by atoms with E-state index in [1.165, 1.54) is 6.07 Å². The SMILES string of the molecule is CCCCc1cc(=O)oc2[nH]c(=S)[nH]c(=O)c12. The topological polar surface area (TPSA) is 78.9 Å². The molecule has 2 aromatic heterocycles. The normalized spacial score (nSPS) is 10.9. The van der Waals surface area contributed by atoms with Crippen molar-refractivity contribution in [3.8, 4) is 0 Å². The molecule has 2 N–H and O–H groups in total. The molecule has 90 valence electrons. The third kappa shape index (κ3) is 2.36. The second-order valence-electron chi connectivity index (χ2n) is 3.81. The van der Waals surface area contributed by atoms with Gasteiger partial charge in [-0.25, -0.2) is 4.79 Å². The van der Waals surface area contributed by atoms with Crippen molar-refractivity contribution in [2.24, 2.45) is 0 Å². The molecule has 0 spiro atoms. The Kier molecular flexibility index (Phi) is 3.23. The van der Waals surface area contributed by atoms with Gasteiger partial charge in [0.15, 0.2) is 4.77 Å². The molecular formula is C11H12N2O3S. The summed E-state index contributed by atoms with van der Waals surface area (Å²) >= 11 is 4.83. The van der Waals surface area contributed by atoms with Crippen LogP contribution in [-0.4, -0.2) is 9.97 Å². The lowest BCUT2D eigenvalue weighted by Crippen LogP contribution is -2.13. The highest BCUT2D eigenvalue weighted by molar-refractivity contribution is 7.71. The molecule has 0 saturated heterocycles. The van der Waals surface area contributed by atoms with Gasteiger partial charge in [-0.05, 0) is 30.6 Å². The number of hydrogen-bond acceptors (Lipinski definition) is 4. The molecule has 2 heterocycles. The zero-order chi connectivity index (χ0) is 12.4. The van der Waals surface area contributed by atoms with E-state index >= 15 is 0 Å². The quantitative estimate of drug-likeness (QED) is 0.817. The molecule has 0 aromatic carbocycles. The molecule has 0 aliphatic heterocycles. The van der Waals surface area contributed by atoms with E-state index in [9.17, 15) is 9.59 Å². The largest absolute Gasteiger partial charge is 0.405 e. The van der Waals surface area contributed by atoms with E-state index in [-0.39, 0.29) is 16.0 Å². The van der Waals surface area contributed by atoms with Gasteiger partial charge in [0.2, 0.25) is 5.71 Å². The number of unbranched alkanes of at least 4 members (excludes halogenated alkanes) is 1. The maximum absolute atomic E-state index is 11.8. The lowest BCUT2D eigenvalue weighted by atomic mass is 10.1. The van der Waals surface area contributed by atoms with Gasteiger partial charge in [0.25, 0.3) is 5.56 Å². The Labute approximate surface area is 101 Å². The monoisotopic (exact) mass is 252 g/mol. The second-order valence-corrected chi connectivity index (χ2v) is 4.21. The molecule has 0 amide bonds. The van der Waals surface area contributed by atoms with E-state index in [2.05, 4.69) is 9.97 Å². The molecule has 0 aliphatic rings. The number of aromatic amines is 2. The van der Waals surface area contributed by atoms with Crippen molar-refractivity contribution in [1.29, 1.82) is 0 Å². The molecule has 0 radical (unpaired) electrons. The zero-order valence-electron chi connectivity index (χ0n) is 9.33. The number of fused-ring (bicyclic) bond motifs is 1. The number of hydrogen-bond donors (Lipinski definition) is 2. The molecule has 0 saturated carbocycles. The summed E-state index contributed by atoms with van der Waals surface area (Å²) in [6, 6.07) is 1.37. The third-order valence-electron chi connectivity index (χ3n) is 2.52. The molecular weight excluding hydrogens is 240 g/mol. The van der Waals surface area contributed by atoms with Crippen molar-refractivity contribution in [2.45, 2.75) is 26.2 Å². The molecule has 17 heavy (non-hydrogen) atoms. The van der Waals surface area contributed by atoms with Crippen LogP contribution in [0, 0.1) is 4.77 Å². The maximum Gasteiger partial charge on any atom is 0.337 e. The first-order chi connectivity index (χ1) is 8.11. The van der Waals surface area contributed by atoms with Gasteiger partial charge < -0.3 is 9.40 Å². The highest BCUT2D eigenvalue weighted by Gasteiger charge is 2.09. The number of aromatic nitrogens is 2. The summed E-state index contributed by atoms with van der Waals surface area (Å²) < 4.78 is 5.10. The molecule has 5 nitrogen and oxygen atoms in total. The second kappa shape index (κ2) is 4.67. The number of H-pyrrole nitrogens is 2. The Morgan fingerprint density at radius 2 is 2.12 bits per heavy atom. The van der Waals surface area contributed by atoms with Gasteiger partial charge in [-0.1, -0.05) is 13.3 Å². The van der Waals surface area contributed by atoms with Crippen LogP contribution in [0.15, 0.2) is 20.1 Å². The van der Waals surface area contributed by atoms with Crippen molar-refractivity contribution in [3.63, 3.8) is 0 Å². The average molecular weight is 252 g/mol. The lowest BCUT2D eigenvalue weighted by molar-refractivity contribution is 0.544. The lowest BCUT2D eigenvalue weighted by Gasteiger charge is -2.03. The van der Waals surface area contributed by atoms with Crippen LogP contribution in [-0.2, 0) is 6.42 Å². The Balaban J connectivity index is 2.78. The minimum Gasteiger partial charge on any atom is -0.405 e. The van der Waals surface area contributed by atoms with Crippen molar-refractivity contribution in [1.82, 2.24) is 9.97 Å². The van der Waals surface area contributed by atoms with Gasteiger partial charge in [-0.15, -0.1) is 0 Å². The summed E-state index contributed by atoms with van der Waals surface area (Å²) in [5.74, 6) is 0. The van der Waals surface area contributed by atoms with Crippen molar-refractivity contribution >= 4 is 23.3 Å². The third-order valence-corrected chi connectivity index (χ3v) is 2.73. The van der Waals surface area contributed by atoms with E-state index in [1.54, 1.807) is 0 Å². The van der Waals surface area contributed by atoms with Crippen LogP contribution in [0.1, 0.15) is 25.3 Å². The van der Waals surface area contributed by atoms with E-state index < -0.39 is 5.63 Å². The minimum absolute atomic E-state index is 0.150. The van der Waals surface area contributed by atoms with Crippen LogP contribution >= 0.6 is 12.2 Å². The predicted molar refractivity (Wildman–Crippen MR) is 66.9 cm³/mol. The van der Waals surface area contributed by atoms with Gasteiger partial charge in [0, 0.05) is 6.07 Å². The van der Waals surface area contributed by atoms with Gasteiger partial charge in [-0.3, -0.25) is 9.78 Å². The smallest absolute Gasteiger partial charge is 0.337 e. The maximum atomic E-state index is 11.8. The van der Waals surface area contributed by atoms with Crippen molar-refractivity contribution in [3.05, 3.63) is 37.2 Å². The first kappa shape index (κ1) is 11.8. The van der Waals surface area contributed by atoms with Crippen LogP contribution in [0.2, 0.25) is 0 Å². The summed E-state index contributed by atoms with van der Waals surface area (Å²) in [6.45, 7) is 2.05. The fraction of sp³-hybridized carbons (Fsp3) is 0.364. The average Bonchev–Trinajstić information content (AvgIpc) is 2.24. The molecule has 2 aromatic rings. The molecule has 0 bridgehead atoms. The highest BCUT2D eigenvalue weighted by Crippen LogP contribution is 2.12. The Morgan fingerprint density at radius 1 is 1.35 bits per heavy atom. The fourth-order valence-electron chi connectivity index (χ4n) is 1.74. The fourth-order valence-corrected chi connectivity index (χ4v) is 1.93. The number of rotatable bonds is 3. The standard InChI is InChI=1S/C11H12N2O3S/c1-2-3-4-6-5-7(14)16-10-8(6)9(15)12-11(17)13-10/h5H,2-4H2,1H3,(H2,12,13,15,17). The van der Waals surface area contributed by atoms with E-state index in [0.29, 0.717) is 17.4 Å². The summed E-state index contributed by atoms with van der Waals surface area (Å²) in [4.78, 5) is 28.3. The van der Waals surface area contributed by atoms with Crippen LogP contribution in [0.3, 0.4) is 0 Å². The van der Waals surface area contributed by atoms with E-state index in [0.717, 1.165) is 12.8 Å². The molecule has 2 rings (SSSR count). The van der Waals surface area contributed by atoms with Gasteiger partial charge >= 0.3 is 5.63 Å². The van der Waals surface area contributed by atoms with Crippen molar-refractivity contribution < 1.29 is 4.42 Å². The number of nitrogens with one attached hydrogen (secondary N) is 2. The first-order valence-corrected chi connectivity index (χ1v) is 5.82. The van der Waals surface area contributed by atoms with Crippen LogP contribution in [0.4, 0.5) is 0 Å². The van der Waals surface area contributed by atoms with Gasteiger partial charge in [0.05, 0.1) is 0 Å². The Bertz CT molecular complexity index is 706. The minimum atomic E-state index is -0.472. The van der Waals surface area contributed by atoms with Gasteiger partial charge in [-0.2, -0.15) is 0 Å². The Morgan fingerprint density at radius 3 is 2.82 bits per heavy atom. The van der Waals surface area contributed by atoms with E-state index in [4.69, 9.17) is 16.6 Å². The molecule has 0 atom stereocenters. The highest BCUT2D eigenvalue weighted by atomic mass is 32.1.